The Morgan fingerprint density at radius 2 is 1.48 bits per heavy atom. The van der Waals surface area contributed by atoms with Crippen LogP contribution in [-0.4, -0.2) is 94.7 Å². The summed E-state index contributed by atoms with van der Waals surface area (Å²) in [5.41, 5.74) is -1.78. The molecule has 6 amide bonds. The van der Waals surface area contributed by atoms with Crippen LogP contribution in [0.4, 0.5) is 9.59 Å². The summed E-state index contributed by atoms with van der Waals surface area (Å²) in [5, 5.41) is 13.3. The molecule has 2 saturated heterocycles. The first kappa shape index (κ1) is 37.5. The first-order valence-electron chi connectivity index (χ1n) is 15.0. The van der Waals surface area contributed by atoms with Gasteiger partial charge in [-0.15, -0.1) is 18.5 Å². The third kappa shape index (κ3) is 12.0. The van der Waals surface area contributed by atoms with Gasteiger partial charge in [0.25, 0.3) is 0 Å². The fourth-order valence-electron chi connectivity index (χ4n) is 5.18. The molecule has 0 aromatic carbocycles. The van der Waals surface area contributed by atoms with E-state index in [-0.39, 0.29) is 37.0 Å². The van der Waals surface area contributed by atoms with E-state index in [0.717, 1.165) is 0 Å². The van der Waals surface area contributed by atoms with Gasteiger partial charge in [-0.05, 0) is 73.6 Å². The standard InChI is InChI=1S/C28H50N6O8P2/c1-8-17(31-25(40)42-28(5,6)7)21(36)32-20-15(13-29-19(35)14-30-24(39)41-27(2,3)4)9-10-16-11-12-18(34(16)23(20)38)22(37)33-26(43)44/h15-18,20,26H,8-14,43-44H2,1-7H3,(H,29,35)(H,30,39)(H,31,40)(H,32,36)(H,33,37)/t15-,16+,17+,18+,20+/m1/s1. The fourth-order valence-corrected chi connectivity index (χ4v) is 5.51. The molecule has 0 aromatic rings. The summed E-state index contributed by atoms with van der Waals surface area (Å²) in [6, 6.07) is -2.99. The number of ether oxygens (including phenoxy) is 2. The maximum atomic E-state index is 14.1. The summed E-state index contributed by atoms with van der Waals surface area (Å²) in [4.78, 5) is 79.1. The van der Waals surface area contributed by atoms with E-state index in [1.54, 1.807) is 53.4 Å². The normalized spacial score (nSPS) is 22.7. The van der Waals surface area contributed by atoms with E-state index in [0.29, 0.717) is 25.7 Å². The van der Waals surface area contributed by atoms with E-state index in [4.69, 9.17) is 9.47 Å². The Labute approximate surface area is 264 Å². The Morgan fingerprint density at radius 1 is 0.886 bits per heavy atom. The van der Waals surface area contributed by atoms with Crippen LogP contribution < -0.4 is 26.6 Å². The van der Waals surface area contributed by atoms with Crippen molar-refractivity contribution in [2.24, 2.45) is 5.92 Å². The lowest BCUT2D eigenvalue weighted by atomic mass is 9.92. The summed E-state index contributed by atoms with van der Waals surface area (Å²) >= 11 is 0. The predicted molar refractivity (Wildman–Crippen MR) is 170 cm³/mol. The molecule has 2 fully saturated rings. The largest absolute Gasteiger partial charge is 0.444 e. The Morgan fingerprint density at radius 3 is 2.05 bits per heavy atom. The van der Waals surface area contributed by atoms with E-state index in [1.165, 1.54) is 0 Å². The van der Waals surface area contributed by atoms with Crippen LogP contribution in [0.5, 0.6) is 0 Å². The van der Waals surface area contributed by atoms with Gasteiger partial charge in [0.1, 0.15) is 29.3 Å². The average molecular weight is 661 g/mol. The average Bonchev–Trinajstić information content (AvgIpc) is 3.25. The van der Waals surface area contributed by atoms with Crippen LogP contribution in [0.15, 0.2) is 0 Å². The van der Waals surface area contributed by atoms with Crippen molar-refractivity contribution in [3.05, 3.63) is 0 Å². The minimum atomic E-state index is -1.09. The van der Waals surface area contributed by atoms with Crippen LogP contribution >= 0.6 is 18.5 Å². The molecular weight excluding hydrogens is 610 g/mol. The first-order valence-corrected chi connectivity index (χ1v) is 16.3. The SMILES string of the molecule is CC[C@H](NC(=O)OC(C)(C)C)C(=O)N[C@@H]1C(=O)N2[C@@H](CC[C@@H]1CNC(=O)CNC(=O)OC(C)(C)C)CC[C@H]2C(=O)NC(P)P. The number of rotatable bonds is 10. The Balaban J connectivity index is 2.23. The van der Waals surface area contributed by atoms with Crippen LogP contribution in [0, 0.1) is 5.92 Å². The minimum Gasteiger partial charge on any atom is -0.444 e. The van der Waals surface area contributed by atoms with Gasteiger partial charge in [0, 0.05) is 18.5 Å². The monoisotopic (exact) mass is 660 g/mol. The van der Waals surface area contributed by atoms with E-state index < -0.39 is 65.2 Å². The van der Waals surface area contributed by atoms with Crippen molar-refractivity contribution in [2.75, 3.05) is 13.1 Å². The van der Waals surface area contributed by atoms with Gasteiger partial charge >= 0.3 is 12.2 Å². The number of carbonyl (C=O) groups is 6. The maximum absolute atomic E-state index is 14.1. The number of nitrogens with zero attached hydrogens (tertiary/aromatic N) is 1. The maximum Gasteiger partial charge on any atom is 0.408 e. The topological polar surface area (TPSA) is 184 Å². The summed E-state index contributed by atoms with van der Waals surface area (Å²) in [6.07, 6.45) is 0.863. The summed E-state index contributed by atoms with van der Waals surface area (Å²) in [6.45, 7) is 11.6. The molecule has 44 heavy (non-hydrogen) atoms. The molecule has 14 nitrogen and oxygen atoms in total. The number of hydrogen-bond acceptors (Lipinski definition) is 8. The molecule has 0 spiro atoms. The Bertz CT molecular complexity index is 1080. The molecule has 2 unspecified atom stereocenters. The lowest BCUT2D eigenvalue weighted by Crippen LogP contribution is -2.60. The van der Waals surface area contributed by atoms with Gasteiger partial charge in [-0.1, -0.05) is 6.92 Å². The van der Waals surface area contributed by atoms with Gasteiger partial charge in [0.15, 0.2) is 0 Å². The van der Waals surface area contributed by atoms with Crippen molar-refractivity contribution in [3.8, 4) is 0 Å². The molecule has 2 heterocycles. The quantitative estimate of drug-likeness (QED) is 0.218. The molecule has 250 valence electrons. The molecule has 0 radical (unpaired) electrons. The van der Waals surface area contributed by atoms with Gasteiger partial charge in [-0.25, -0.2) is 9.59 Å². The molecule has 2 aliphatic rings. The van der Waals surface area contributed by atoms with Gasteiger partial charge in [-0.2, -0.15) is 0 Å². The highest BCUT2D eigenvalue weighted by molar-refractivity contribution is 7.37. The number of amides is 6. The molecule has 2 rings (SSSR count). The highest BCUT2D eigenvalue weighted by atomic mass is 31.1. The molecule has 5 N–H and O–H groups in total. The summed E-state index contributed by atoms with van der Waals surface area (Å²) in [5.74, 6) is -2.34. The van der Waals surface area contributed by atoms with Gasteiger partial charge in [0.05, 0.1) is 12.1 Å². The molecule has 0 aliphatic carbocycles. The number of fused-ring (bicyclic) bond motifs is 1. The smallest absolute Gasteiger partial charge is 0.408 e. The second kappa shape index (κ2) is 16.0. The minimum absolute atomic E-state index is 0.0263. The van der Waals surface area contributed by atoms with E-state index in [1.807, 2.05) is 0 Å². The zero-order valence-electron chi connectivity index (χ0n) is 26.8. The van der Waals surface area contributed by atoms with Gasteiger partial charge in [0.2, 0.25) is 23.6 Å². The van der Waals surface area contributed by atoms with Crippen molar-refractivity contribution in [2.45, 2.75) is 121 Å². The van der Waals surface area contributed by atoms with Crippen LogP contribution in [0.25, 0.3) is 0 Å². The van der Waals surface area contributed by atoms with Crippen LogP contribution in [0.3, 0.4) is 0 Å². The number of alkyl carbamates (subject to hydrolysis) is 2. The highest BCUT2D eigenvalue weighted by Crippen LogP contribution is 2.34. The van der Waals surface area contributed by atoms with Crippen molar-refractivity contribution < 1.29 is 38.2 Å². The number of hydrogen-bond donors (Lipinski definition) is 5. The molecule has 0 bridgehead atoms. The van der Waals surface area contributed by atoms with Crippen LogP contribution in [0.1, 0.15) is 80.6 Å². The van der Waals surface area contributed by atoms with Gasteiger partial charge in [-0.3, -0.25) is 19.2 Å². The second-order valence-electron chi connectivity index (χ2n) is 13.1. The molecular formula is C28H50N6O8P2. The third-order valence-electron chi connectivity index (χ3n) is 7.04. The Hall–Kier alpha value is -2.72. The zero-order chi connectivity index (χ0) is 33.4. The fraction of sp³-hybridized carbons (Fsp3) is 0.786. The van der Waals surface area contributed by atoms with Crippen molar-refractivity contribution in [1.29, 1.82) is 0 Å². The van der Waals surface area contributed by atoms with Crippen molar-refractivity contribution in [1.82, 2.24) is 31.5 Å². The number of nitrogens with one attached hydrogen (secondary N) is 5. The number of carbonyl (C=O) groups excluding carboxylic acids is 6. The van der Waals surface area contributed by atoms with E-state index in [9.17, 15) is 28.8 Å². The van der Waals surface area contributed by atoms with E-state index in [2.05, 4.69) is 45.1 Å². The molecule has 0 aromatic heterocycles. The summed E-state index contributed by atoms with van der Waals surface area (Å²) < 4.78 is 10.4. The predicted octanol–water partition coefficient (Wildman–Crippen LogP) is 1.34. The third-order valence-corrected chi connectivity index (χ3v) is 7.38. The Kier molecular flexibility index (Phi) is 13.6. The molecule has 16 heteroatoms. The lowest BCUT2D eigenvalue weighted by Gasteiger charge is -2.33. The van der Waals surface area contributed by atoms with Crippen molar-refractivity contribution in [3.63, 3.8) is 0 Å². The summed E-state index contributed by atoms with van der Waals surface area (Å²) in [7, 11) is 4.92. The first-order chi connectivity index (χ1) is 20.3. The van der Waals surface area contributed by atoms with Crippen LogP contribution in [-0.2, 0) is 28.7 Å². The lowest BCUT2D eigenvalue weighted by molar-refractivity contribution is -0.143. The zero-order valence-corrected chi connectivity index (χ0v) is 29.1. The molecule has 7 atom stereocenters. The van der Waals surface area contributed by atoms with Crippen molar-refractivity contribution >= 4 is 54.3 Å². The molecule has 0 saturated carbocycles. The van der Waals surface area contributed by atoms with E-state index >= 15 is 0 Å². The highest BCUT2D eigenvalue weighted by Gasteiger charge is 2.48. The van der Waals surface area contributed by atoms with Crippen LogP contribution in [0.2, 0.25) is 0 Å². The second-order valence-corrected chi connectivity index (χ2v) is 15.3. The molecule has 2 aliphatic heterocycles. The van der Waals surface area contributed by atoms with Gasteiger partial charge < -0.3 is 41.0 Å².